The molecule has 4 heteroatoms. The fourth-order valence-electron chi connectivity index (χ4n) is 7.45. The Hall–Kier alpha value is -3.92. The van der Waals surface area contributed by atoms with Gasteiger partial charge in [0.1, 0.15) is 17.2 Å². The second-order valence-corrected chi connectivity index (χ2v) is 13.8. The molecule has 0 saturated carbocycles. The number of piperidine rings is 2. The summed E-state index contributed by atoms with van der Waals surface area (Å²) in [6.07, 6.45) is 6.62. The van der Waals surface area contributed by atoms with Crippen molar-refractivity contribution in [3.8, 4) is 17.2 Å². The Balaban J connectivity index is 1.02. The minimum Gasteiger partial charge on any atom is -0.497 e. The van der Waals surface area contributed by atoms with E-state index in [9.17, 15) is 0 Å². The van der Waals surface area contributed by atoms with Crippen molar-refractivity contribution in [3.05, 3.63) is 113 Å². The van der Waals surface area contributed by atoms with E-state index in [4.69, 9.17) is 9.47 Å². The van der Waals surface area contributed by atoms with Gasteiger partial charge in [0.15, 0.2) is 0 Å². The Morgan fingerprint density at radius 2 is 1.09 bits per heavy atom. The highest BCUT2D eigenvalue weighted by atomic mass is 16.5. The van der Waals surface area contributed by atoms with E-state index in [0.29, 0.717) is 0 Å². The minimum atomic E-state index is -0.118. The van der Waals surface area contributed by atoms with Crippen molar-refractivity contribution in [1.82, 2.24) is 0 Å². The second-order valence-electron chi connectivity index (χ2n) is 13.8. The summed E-state index contributed by atoms with van der Waals surface area (Å²) in [4.78, 5) is 5.18. The molecule has 2 saturated heterocycles. The topological polar surface area (TPSA) is 24.9 Å². The first-order valence-corrected chi connectivity index (χ1v) is 16.9. The van der Waals surface area contributed by atoms with E-state index in [-0.39, 0.29) is 5.41 Å². The lowest BCUT2D eigenvalue weighted by Gasteiger charge is -2.39. The molecule has 0 aliphatic carbocycles. The molecular weight excluding hydrogens is 552 g/mol. The molecule has 0 bridgehead atoms. The number of rotatable bonds is 9. The van der Waals surface area contributed by atoms with Gasteiger partial charge in [-0.1, -0.05) is 62.4 Å². The van der Waals surface area contributed by atoms with Gasteiger partial charge >= 0.3 is 0 Å². The van der Waals surface area contributed by atoms with Gasteiger partial charge in [-0.15, -0.1) is 0 Å². The Bertz CT molecular complexity index is 1540. The molecule has 236 valence electrons. The zero-order valence-corrected chi connectivity index (χ0v) is 27.9. The molecule has 4 nitrogen and oxygen atoms in total. The number of hydrogen-bond donors (Lipinski definition) is 0. The highest BCUT2D eigenvalue weighted by Gasteiger charge is 2.27. The van der Waals surface area contributed by atoms with Gasteiger partial charge < -0.3 is 19.3 Å². The molecule has 0 aromatic heterocycles. The third-order valence-corrected chi connectivity index (χ3v) is 10.5. The average molecular weight is 603 g/mol. The number of hydrogen-bond acceptors (Lipinski definition) is 4. The Kier molecular flexibility index (Phi) is 9.40. The number of methoxy groups -OCH3 is 1. The van der Waals surface area contributed by atoms with Crippen LogP contribution < -0.4 is 19.3 Å². The van der Waals surface area contributed by atoms with Crippen LogP contribution in [0.5, 0.6) is 17.2 Å². The quantitative estimate of drug-likeness (QED) is 0.190. The van der Waals surface area contributed by atoms with Crippen LogP contribution in [-0.2, 0) is 5.41 Å². The number of nitrogens with zero attached hydrogens (tertiary/aromatic N) is 2. The molecule has 6 rings (SSSR count). The molecule has 2 heterocycles. The van der Waals surface area contributed by atoms with Crippen LogP contribution in [0.3, 0.4) is 0 Å². The van der Waals surface area contributed by atoms with E-state index < -0.39 is 0 Å². The van der Waals surface area contributed by atoms with E-state index >= 15 is 0 Å². The third-order valence-electron chi connectivity index (χ3n) is 10.5. The fraction of sp³-hybridized carbons (Fsp3) is 0.415. The first-order valence-electron chi connectivity index (χ1n) is 16.9. The highest BCUT2D eigenvalue weighted by Crippen LogP contribution is 2.37. The minimum absolute atomic E-state index is 0.118. The van der Waals surface area contributed by atoms with Gasteiger partial charge in [0, 0.05) is 49.0 Å². The van der Waals surface area contributed by atoms with Gasteiger partial charge in [-0.05, 0) is 116 Å². The molecule has 0 unspecified atom stereocenters. The van der Waals surface area contributed by atoms with Crippen LogP contribution in [-0.4, -0.2) is 33.3 Å². The van der Waals surface area contributed by atoms with Gasteiger partial charge in [0.25, 0.3) is 0 Å². The molecule has 0 amide bonds. The van der Waals surface area contributed by atoms with Crippen molar-refractivity contribution in [3.63, 3.8) is 0 Å². The molecule has 0 atom stereocenters. The lowest BCUT2D eigenvalue weighted by atomic mass is 9.78. The Morgan fingerprint density at radius 1 is 0.600 bits per heavy atom. The van der Waals surface area contributed by atoms with Crippen LogP contribution in [0.15, 0.2) is 91.0 Å². The average Bonchev–Trinajstić information content (AvgIpc) is 3.07. The summed E-state index contributed by atoms with van der Waals surface area (Å²) in [5.74, 6) is 4.36. The molecule has 45 heavy (non-hydrogen) atoms. The third kappa shape index (κ3) is 7.16. The molecule has 2 aliphatic rings. The van der Waals surface area contributed by atoms with Crippen molar-refractivity contribution < 1.29 is 9.47 Å². The highest BCUT2D eigenvalue weighted by molar-refractivity contribution is 5.58. The molecule has 0 N–H and O–H groups in total. The van der Waals surface area contributed by atoms with E-state index in [1.54, 1.807) is 7.11 Å². The van der Waals surface area contributed by atoms with Crippen LogP contribution in [0.25, 0.3) is 0 Å². The summed E-state index contributed by atoms with van der Waals surface area (Å²) in [6, 6.07) is 32.3. The van der Waals surface area contributed by atoms with Crippen molar-refractivity contribution in [2.45, 2.75) is 65.2 Å². The smallest absolute Gasteiger partial charge is 0.129 e. The summed E-state index contributed by atoms with van der Waals surface area (Å²) in [7, 11) is 1.71. The maximum absolute atomic E-state index is 6.39. The standard InChI is InChI=1S/C41H50N2O2/c1-30-8-6-7-9-39(30)42-24-20-32(21-25-42)28-33-22-26-43(27-23-33)40-29-38(15-10-31(40)2)45-37-18-13-35(14-19-37)41(3,4)34-11-16-36(44-5)17-12-34/h6-19,29,32-33H,20-28H2,1-5H3. The number of para-hydroxylation sites is 1. The number of anilines is 2. The monoisotopic (exact) mass is 602 g/mol. The van der Waals surface area contributed by atoms with Gasteiger partial charge in [-0.25, -0.2) is 0 Å². The van der Waals surface area contributed by atoms with E-state index in [1.807, 2.05) is 12.1 Å². The van der Waals surface area contributed by atoms with Crippen LogP contribution >= 0.6 is 0 Å². The van der Waals surface area contributed by atoms with Crippen molar-refractivity contribution in [2.75, 3.05) is 43.1 Å². The maximum atomic E-state index is 6.39. The summed E-state index contributed by atoms with van der Waals surface area (Å²) >= 11 is 0. The zero-order valence-electron chi connectivity index (χ0n) is 27.9. The van der Waals surface area contributed by atoms with Gasteiger partial charge in [-0.2, -0.15) is 0 Å². The number of benzene rings is 4. The molecule has 0 spiro atoms. The Morgan fingerprint density at radius 3 is 1.64 bits per heavy atom. The summed E-state index contributed by atoms with van der Waals surface area (Å²) in [5.41, 5.74) is 7.85. The SMILES string of the molecule is COc1ccc(C(C)(C)c2ccc(Oc3ccc(C)c(N4CCC(CC5CCN(c6ccccc6C)CC5)CC4)c3)cc2)cc1. The van der Waals surface area contributed by atoms with E-state index in [1.165, 1.54) is 78.8 Å². The normalized spacial score (nSPS) is 16.6. The molecule has 2 aliphatic heterocycles. The Labute approximate surface area is 271 Å². The summed E-state index contributed by atoms with van der Waals surface area (Å²) in [6.45, 7) is 13.6. The summed E-state index contributed by atoms with van der Waals surface area (Å²) in [5, 5.41) is 0. The van der Waals surface area contributed by atoms with Crippen molar-refractivity contribution in [2.24, 2.45) is 11.8 Å². The van der Waals surface area contributed by atoms with Crippen LogP contribution in [0, 0.1) is 25.7 Å². The lowest BCUT2D eigenvalue weighted by Crippen LogP contribution is -2.37. The largest absolute Gasteiger partial charge is 0.497 e. The van der Waals surface area contributed by atoms with Crippen LogP contribution in [0.1, 0.15) is 68.2 Å². The lowest BCUT2D eigenvalue weighted by molar-refractivity contribution is 0.279. The van der Waals surface area contributed by atoms with Gasteiger partial charge in [-0.3, -0.25) is 0 Å². The van der Waals surface area contributed by atoms with Crippen molar-refractivity contribution in [1.29, 1.82) is 0 Å². The first-order chi connectivity index (χ1) is 21.8. The van der Waals surface area contributed by atoms with Gasteiger partial charge in [0.2, 0.25) is 0 Å². The predicted octanol–water partition coefficient (Wildman–Crippen LogP) is 9.95. The van der Waals surface area contributed by atoms with E-state index in [0.717, 1.165) is 42.2 Å². The first kappa shape index (κ1) is 31.1. The zero-order chi connectivity index (χ0) is 31.4. The second kappa shape index (κ2) is 13.6. The van der Waals surface area contributed by atoms with Crippen LogP contribution in [0.2, 0.25) is 0 Å². The summed E-state index contributed by atoms with van der Waals surface area (Å²) < 4.78 is 11.7. The molecule has 2 fully saturated rings. The van der Waals surface area contributed by atoms with Crippen LogP contribution in [0.4, 0.5) is 11.4 Å². The molecule has 0 radical (unpaired) electrons. The van der Waals surface area contributed by atoms with Crippen molar-refractivity contribution >= 4 is 11.4 Å². The molecule has 4 aromatic rings. The molecule has 4 aromatic carbocycles. The fourth-order valence-corrected chi connectivity index (χ4v) is 7.45. The molecular formula is C41H50N2O2. The number of ether oxygens (including phenoxy) is 2. The maximum Gasteiger partial charge on any atom is 0.129 e. The van der Waals surface area contributed by atoms with Gasteiger partial charge in [0.05, 0.1) is 7.11 Å². The van der Waals surface area contributed by atoms with E-state index in [2.05, 4.69) is 116 Å². The number of aryl methyl sites for hydroxylation is 2. The predicted molar refractivity (Wildman–Crippen MR) is 188 cm³/mol.